The third-order valence-corrected chi connectivity index (χ3v) is 6.74. The van der Waals surface area contributed by atoms with Crippen LogP contribution in [0, 0.1) is 0 Å². The number of ether oxygens (including phenoxy) is 2. The van der Waals surface area contributed by atoms with Crippen LogP contribution in [0.15, 0.2) is 52.5 Å². The van der Waals surface area contributed by atoms with Gasteiger partial charge >= 0.3 is 19.8 Å². The van der Waals surface area contributed by atoms with Crippen LogP contribution in [-0.4, -0.2) is 67.8 Å². The Balaban J connectivity index is 1.83. The number of hydrogen-bond acceptors (Lipinski definition) is 12. The fourth-order valence-electron chi connectivity index (χ4n) is 3.49. The molecule has 1 aromatic carbocycles. The van der Waals surface area contributed by atoms with Gasteiger partial charge in [-0.15, -0.1) is 4.52 Å². The molecule has 1 saturated heterocycles. The number of anilines is 1. The number of hydroxylamine groups is 1. The molecule has 1 fully saturated rings. The lowest BCUT2D eigenvalue weighted by molar-refractivity contribution is -0.155. The highest BCUT2D eigenvalue weighted by Gasteiger charge is 2.57. The van der Waals surface area contributed by atoms with E-state index < -0.39 is 56.6 Å². The molecular formula is C22H29N7O9P+. The predicted octanol–water partition coefficient (Wildman–Crippen LogP) is 1.78. The number of azide groups is 1. The predicted molar refractivity (Wildman–Crippen MR) is 135 cm³/mol. The average Bonchev–Trinajstić information content (AvgIpc) is 3.16. The number of carbonyl (C=O) groups is 1. The van der Waals surface area contributed by atoms with E-state index >= 15 is 0 Å². The SMILES string of the molecule is CCCCOC(=O)C(C)N(Oc1ccccc1)[P+](=O)OC[C@@]1(N=[N+]=[N-])O[C@@H](n2ccc(N)nc2=O)[C@H](O)[C@@H]1O. The van der Waals surface area contributed by atoms with Crippen molar-refractivity contribution in [3.63, 3.8) is 0 Å². The largest absolute Gasteiger partial charge is 0.653 e. The first kappa shape index (κ1) is 29.9. The van der Waals surface area contributed by atoms with Crippen LogP contribution in [0.4, 0.5) is 5.82 Å². The number of esters is 1. The molecule has 16 nitrogen and oxygen atoms in total. The lowest BCUT2D eigenvalue weighted by Crippen LogP contribution is -2.45. The maximum atomic E-state index is 13.3. The number of nitrogens with two attached hydrogens (primary N) is 1. The summed E-state index contributed by atoms with van der Waals surface area (Å²) in [5.41, 5.74) is 11.4. The Kier molecular flexibility index (Phi) is 10.3. The van der Waals surface area contributed by atoms with Crippen molar-refractivity contribution in [1.29, 1.82) is 0 Å². The molecule has 1 aromatic heterocycles. The average molecular weight is 566 g/mol. The molecule has 0 aliphatic carbocycles. The van der Waals surface area contributed by atoms with Gasteiger partial charge in [-0.1, -0.05) is 36.7 Å². The third kappa shape index (κ3) is 7.07. The van der Waals surface area contributed by atoms with Gasteiger partial charge in [0.15, 0.2) is 18.0 Å². The first-order valence-corrected chi connectivity index (χ1v) is 13.0. The molecule has 0 radical (unpaired) electrons. The van der Waals surface area contributed by atoms with Crippen molar-refractivity contribution in [2.45, 2.75) is 56.9 Å². The summed E-state index contributed by atoms with van der Waals surface area (Å²) in [7, 11) is -3.02. The zero-order valence-corrected chi connectivity index (χ0v) is 22.0. The number of aliphatic hydroxyl groups excluding tert-OH is 2. The summed E-state index contributed by atoms with van der Waals surface area (Å²) >= 11 is 0. The lowest BCUT2D eigenvalue weighted by Gasteiger charge is -2.24. The number of benzene rings is 1. The summed E-state index contributed by atoms with van der Waals surface area (Å²) in [6, 6.07) is 8.17. The maximum Gasteiger partial charge on any atom is 0.653 e. The molecule has 3 rings (SSSR count). The topological polar surface area (TPSA) is 224 Å². The molecule has 2 heterocycles. The number of nitrogen functional groups attached to an aromatic ring is 1. The first-order chi connectivity index (χ1) is 18.6. The highest BCUT2D eigenvalue weighted by Crippen LogP contribution is 2.41. The summed E-state index contributed by atoms with van der Waals surface area (Å²) in [6.07, 6.45) is -2.69. The van der Waals surface area contributed by atoms with E-state index in [-0.39, 0.29) is 18.2 Å². The van der Waals surface area contributed by atoms with Crippen molar-refractivity contribution in [1.82, 2.24) is 14.4 Å². The Morgan fingerprint density at radius 1 is 1.38 bits per heavy atom. The summed E-state index contributed by atoms with van der Waals surface area (Å²) in [6.45, 7) is 2.59. The molecule has 17 heteroatoms. The van der Waals surface area contributed by atoms with Gasteiger partial charge in [0, 0.05) is 11.1 Å². The quantitative estimate of drug-likeness (QED) is 0.0600. The van der Waals surface area contributed by atoms with E-state index in [9.17, 15) is 24.4 Å². The van der Waals surface area contributed by atoms with Gasteiger partial charge in [0.05, 0.1) is 6.61 Å². The molecule has 210 valence electrons. The van der Waals surface area contributed by atoms with Crippen molar-refractivity contribution in [2.75, 3.05) is 18.9 Å². The van der Waals surface area contributed by atoms with Gasteiger partial charge in [0.25, 0.3) is 0 Å². The van der Waals surface area contributed by atoms with Crippen molar-refractivity contribution in [3.05, 3.63) is 63.5 Å². The van der Waals surface area contributed by atoms with Crippen molar-refractivity contribution in [3.8, 4) is 5.75 Å². The number of rotatable bonds is 13. The van der Waals surface area contributed by atoms with Crippen LogP contribution < -0.4 is 16.3 Å². The maximum absolute atomic E-state index is 13.3. The minimum atomic E-state index is -3.02. The molecule has 1 aliphatic heterocycles. The van der Waals surface area contributed by atoms with Crippen LogP contribution in [0.1, 0.15) is 32.9 Å². The van der Waals surface area contributed by atoms with Gasteiger partial charge in [-0.2, -0.15) is 4.98 Å². The number of carbonyl (C=O) groups excluding carboxylic acids is 1. The van der Waals surface area contributed by atoms with E-state index in [2.05, 4.69) is 15.0 Å². The van der Waals surface area contributed by atoms with Crippen molar-refractivity contribution >= 4 is 20.0 Å². The van der Waals surface area contributed by atoms with Gasteiger partial charge in [-0.3, -0.25) is 9.36 Å². The molecule has 39 heavy (non-hydrogen) atoms. The first-order valence-electron chi connectivity index (χ1n) is 11.9. The highest BCUT2D eigenvalue weighted by molar-refractivity contribution is 7.36. The molecular weight excluding hydrogens is 537 g/mol. The minimum Gasteiger partial charge on any atom is -0.464 e. The summed E-state index contributed by atoms with van der Waals surface area (Å²) in [4.78, 5) is 37.4. The van der Waals surface area contributed by atoms with Gasteiger partial charge in [-0.05, 0) is 41.6 Å². The lowest BCUT2D eigenvalue weighted by atomic mass is 10.1. The Morgan fingerprint density at radius 3 is 2.74 bits per heavy atom. The van der Waals surface area contributed by atoms with Crippen LogP contribution in [0.25, 0.3) is 10.4 Å². The van der Waals surface area contributed by atoms with E-state index in [1.54, 1.807) is 30.3 Å². The second-order valence-corrected chi connectivity index (χ2v) is 9.56. The minimum absolute atomic E-state index is 0.0910. The van der Waals surface area contributed by atoms with Crippen molar-refractivity contribution < 1.29 is 38.4 Å². The van der Waals surface area contributed by atoms with Gasteiger partial charge < -0.3 is 30.3 Å². The monoisotopic (exact) mass is 566 g/mol. The number of nitrogens with zero attached hydrogens (tertiary/aromatic N) is 6. The van der Waals surface area contributed by atoms with Crippen LogP contribution in [0.2, 0.25) is 0 Å². The third-order valence-electron chi connectivity index (χ3n) is 5.64. The zero-order valence-electron chi connectivity index (χ0n) is 21.1. The van der Waals surface area contributed by atoms with Crippen molar-refractivity contribution in [2.24, 2.45) is 5.11 Å². The van der Waals surface area contributed by atoms with E-state index in [0.717, 1.165) is 15.8 Å². The summed E-state index contributed by atoms with van der Waals surface area (Å²) in [5, 5.41) is 24.8. The number of hydrogen-bond donors (Lipinski definition) is 3. The molecule has 0 saturated carbocycles. The molecule has 6 atom stereocenters. The van der Waals surface area contributed by atoms with Gasteiger partial charge in [0.2, 0.25) is 5.72 Å². The zero-order chi connectivity index (χ0) is 28.6. The van der Waals surface area contributed by atoms with Gasteiger partial charge in [-0.25, -0.2) is 4.79 Å². The Hall–Kier alpha value is -3.62. The Morgan fingerprint density at radius 2 is 2.10 bits per heavy atom. The normalized spacial score (nSPS) is 23.6. The fraction of sp³-hybridized carbons (Fsp3) is 0.500. The molecule has 0 spiro atoms. The van der Waals surface area contributed by atoms with Crippen LogP contribution in [-0.2, 0) is 23.4 Å². The summed E-state index contributed by atoms with van der Waals surface area (Å²) < 4.78 is 30.3. The fourth-order valence-corrected chi connectivity index (χ4v) is 4.44. The smallest absolute Gasteiger partial charge is 0.464 e. The molecule has 2 aromatic rings. The molecule has 1 aliphatic rings. The van der Waals surface area contributed by atoms with Crippen LogP contribution in [0.5, 0.6) is 5.75 Å². The van der Waals surface area contributed by atoms with Gasteiger partial charge in [0.1, 0.15) is 29.5 Å². The Bertz CT molecular complexity index is 1260. The van der Waals surface area contributed by atoms with Crippen LogP contribution in [0.3, 0.4) is 0 Å². The number of aliphatic hydroxyl groups is 2. The molecule has 0 bridgehead atoms. The second kappa shape index (κ2) is 13.4. The summed E-state index contributed by atoms with van der Waals surface area (Å²) in [5.74, 6) is -0.601. The number of unbranched alkanes of at least 4 members (excludes halogenated alkanes) is 1. The second-order valence-electron chi connectivity index (χ2n) is 8.44. The Labute approximate surface area is 223 Å². The molecule has 0 amide bonds. The van der Waals surface area contributed by atoms with E-state index in [0.29, 0.717) is 6.42 Å². The number of para-hydroxylation sites is 1. The van der Waals surface area contributed by atoms with E-state index in [1.807, 2.05) is 6.92 Å². The number of aromatic nitrogens is 2. The van der Waals surface area contributed by atoms with E-state index in [4.69, 9.17) is 30.1 Å². The standard InChI is InChI=1S/C22H28N7O9P/c1-3-4-12-35-20(32)14(2)29(38-15-8-6-5-7-9-15)39(34)36-13-22(26-27-24)18(31)17(30)19(37-22)28-11-10-16(23)25-21(28)33/h5-11,14,17-19,30-31H,3-4,12-13H2,1-2H3,(H-,23,25,33)/p+1/t14?,17-,18+,19-,22-/m1/s1. The van der Waals surface area contributed by atoms with E-state index in [1.165, 1.54) is 19.2 Å². The molecule has 4 N–H and O–H groups in total. The molecule has 2 unspecified atom stereocenters. The highest BCUT2D eigenvalue weighted by atomic mass is 31.1. The van der Waals surface area contributed by atoms with Crippen LogP contribution >= 0.6 is 8.18 Å².